The Morgan fingerprint density at radius 3 is 2.67 bits per heavy atom. The van der Waals surface area contributed by atoms with Crippen molar-refractivity contribution in [3.05, 3.63) is 20.8 Å². The SMILES string of the molecule is CC(C)NCC1(Cc2ccc(Br)s2)CCOCC1. The van der Waals surface area contributed by atoms with E-state index in [4.69, 9.17) is 4.74 Å². The number of thiophene rings is 1. The van der Waals surface area contributed by atoms with Gasteiger partial charge in [0.2, 0.25) is 0 Å². The average molecular weight is 332 g/mol. The molecule has 102 valence electrons. The van der Waals surface area contributed by atoms with Crippen molar-refractivity contribution in [3.63, 3.8) is 0 Å². The molecule has 1 aromatic rings. The summed E-state index contributed by atoms with van der Waals surface area (Å²) in [6, 6.07) is 4.96. The summed E-state index contributed by atoms with van der Waals surface area (Å²) in [6.45, 7) is 7.35. The van der Waals surface area contributed by atoms with Crippen LogP contribution in [-0.2, 0) is 11.2 Å². The highest BCUT2D eigenvalue weighted by Gasteiger charge is 2.33. The lowest BCUT2D eigenvalue weighted by Crippen LogP contribution is -2.42. The molecule has 0 amide bonds. The largest absolute Gasteiger partial charge is 0.381 e. The van der Waals surface area contributed by atoms with Crippen LogP contribution in [0.1, 0.15) is 31.6 Å². The summed E-state index contributed by atoms with van der Waals surface area (Å²) in [6.07, 6.45) is 3.51. The normalized spacial score (nSPS) is 19.3. The molecule has 1 aliphatic heterocycles. The third-order valence-corrected chi connectivity index (χ3v) is 5.24. The van der Waals surface area contributed by atoms with Gasteiger partial charge in [0.15, 0.2) is 0 Å². The summed E-state index contributed by atoms with van der Waals surface area (Å²) in [5.74, 6) is 0. The second kappa shape index (κ2) is 6.51. The maximum atomic E-state index is 5.54. The minimum absolute atomic E-state index is 0.382. The van der Waals surface area contributed by atoms with Gasteiger partial charge in [-0.25, -0.2) is 0 Å². The molecule has 4 heteroatoms. The van der Waals surface area contributed by atoms with Crippen LogP contribution in [0.3, 0.4) is 0 Å². The Morgan fingerprint density at radius 1 is 1.39 bits per heavy atom. The fourth-order valence-electron chi connectivity index (χ4n) is 2.46. The van der Waals surface area contributed by atoms with E-state index in [0.29, 0.717) is 11.5 Å². The first-order valence-electron chi connectivity index (χ1n) is 6.65. The summed E-state index contributed by atoms with van der Waals surface area (Å²) >= 11 is 5.42. The Labute approximate surface area is 122 Å². The van der Waals surface area contributed by atoms with E-state index < -0.39 is 0 Å². The van der Waals surface area contributed by atoms with Crippen LogP contribution in [0.25, 0.3) is 0 Å². The molecule has 0 spiro atoms. The topological polar surface area (TPSA) is 21.3 Å². The molecule has 0 aromatic carbocycles. The van der Waals surface area contributed by atoms with Crippen molar-refractivity contribution in [2.45, 2.75) is 39.2 Å². The van der Waals surface area contributed by atoms with Crippen molar-refractivity contribution in [1.29, 1.82) is 0 Å². The van der Waals surface area contributed by atoms with E-state index in [2.05, 4.69) is 47.2 Å². The van der Waals surface area contributed by atoms with Gasteiger partial charge in [0.05, 0.1) is 3.79 Å². The van der Waals surface area contributed by atoms with Gasteiger partial charge in [-0.15, -0.1) is 11.3 Å². The molecule has 0 unspecified atom stereocenters. The summed E-state index contributed by atoms with van der Waals surface area (Å²) in [5.41, 5.74) is 0.382. The van der Waals surface area contributed by atoms with Gasteiger partial charge in [-0.2, -0.15) is 0 Å². The molecule has 1 fully saturated rings. The van der Waals surface area contributed by atoms with Crippen LogP contribution in [0.4, 0.5) is 0 Å². The molecule has 0 saturated carbocycles. The van der Waals surface area contributed by atoms with Gasteiger partial charge < -0.3 is 10.1 Å². The van der Waals surface area contributed by atoms with Crippen LogP contribution in [0.15, 0.2) is 15.9 Å². The van der Waals surface area contributed by atoms with Crippen LogP contribution in [0.2, 0.25) is 0 Å². The lowest BCUT2D eigenvalue weighted by molar-refractivity contribution is 0.0144. The lowest BCUT2D eigenvalue weighted by atomic mass is 9.76. The third kappa shape index (κ3) is 4.05. The smallest absolute Gasteiger partial charge is 0.0701 e. The molecular formula is C14H22BrNOS. The van der Waals surface area contributed by atoms with E-state index in [0.717, 1.165) is 19.8 Å². The summed E-state index contributed by atoms with van der Waals surface area (Å²) < 4.78 is 6.77. The lowest BCUT2D eigenvalue weighted by Gasteiger charge is -2.38. The van der Waals surface area contributed by atoms with Crippen LogP contribution < -0.4 is 5.32 Å². The summed E-state index contributed by atoms with van der Waals surface area (Å²) in [5, 5.41) is 3.62. The van der Waals surface area contributed by atoms with Crippen molar-refractivity contribution in [3.8, 4) is 0 Å². The molecule has 0 radical (unpaired) electrons. The quantitative estimate of drug-likeness (QED) is 0.884. The first-order valence-corrected chi connectivity index (χ1v) is 8.26. The van der Waals surface area contributed by atoms with Gasteiger partial charge in [-0.3, -0.25) is 0 Å². The first kappa shape index (κ1) is 14.5. The summed E-state index contributed by atoms with van der Waals surface area (Å²) in [4.78, 5) is 1.48. The van der Waals surface area contributed by atoms with E-state index in [1.54, 1.807) is 0 Å². The molecule has 2 nitrogen and oxygen atoms in total. The van der Waals surface area contributed by atoms with Gasteiger partial charge in [-0.1, -0.05) is 13.8 Å². The Morgan fingerprint density at radius 2 is 2.11 bits per heavy atom. The van der Waals surface area contributed by atoms with E-state index >= 15 is 0 Å². The number of halogens is 1. The molecule has 1 saturated heterocycles. The highest BCUT2D eigenvalue weighted by Crippen LogP contribution is 2.36. The van der Waals surface area contributed by atoms with Crippen LogP contribution in [0, 0.1) is 5.41 Å². The van der Waals surface area contributed by atoms with Crippen LogP contribution >= 0.6 is 27.3 Å². The number of rotatable bonds is 5. The van der Waals surface area contributed by atoms with Crippen molar-refractivity contribution in [1.82, 2.24) is 5.32 Å². The van der Waals surface area contributed by atoms with Gasteiger partial charge in [0.1, 0.15) is 0 Å². The fraction of sp³-hybridized carbons (Fsp3) is 0.714. The number of hydrogen-bond donors (Lipinski definition) is 1. The Bertz CT molecular complexity index is 372. The van der Waals surface area contributed by atoms with E-state index in [-0.39, 0.29) is 0 Å². The molecular weight excluding hydrogens is 310 g/mol. The highest BCUT2D eigenvalue weighted by molar-refractivity contribution is 9.11. The Hall–Kier alpha value is 0.1000. The Balaban J connectivity index is 2.03. The van der Waals surface area contributed by atoms with E-state index in [1.165, 1.54) is 27.9 Å². The Kier molecular flexibility index (Phi) is 5.24. The molecule has 0 aliphatic carbocycles. The zero-order valence-corrected chi connectivity index (χ0v) is 13.6. The average Bonchev–Trinajstić information content (AvgIpc) is 2.73. The van der Waals surface area contributed by atoms with Gasteiger partial charge in [0.25, 0.3) is 0 Å². The second-order valence-corrected chi connectivity index (χ2v) is 8.08. The molecule has 1 aliphatic rings. The highest BCUT2D eigenvalue weighted by atomic mass is 79.9. The fourth-order valence-corrected chi connectivity index (χ4v) is 4.11. The second-order valence-electron chi connectivity index (χ2n) is 5.53. The number of ether oxygens (including phenoxy) is 1. The van der Waals surface area contributed by atoms with Crippen LogP contribution in [0.5, 0.6) is 0 Å². The molecule has 1 N–H and O–H groups in total. The zero-order chi connectivity index (χ0) is 13.0. The molecule has 2 heterocycles. The summed E-state index contributed by atoms with van der Waals surface area (Å²) in [7, 11) is 0. The first-order chi connectivity index (χ1) is 8.60. The number of nitrogens with one attached hydrogen (secondary N) is 1. The van der Waals surface area contributed by atoms with Crippen molar-refractivity contribution in [2.75, 3.05) is 19.8 Å². The molecule has 1 aromatic heterocycles. The van der Waals surface area contributed by atoms with Gasteiger partial charge in [0, 0.05) is 30.7 Å². The standard InChI is InChI=1S/C14H22BrNOS/c1-11(2)16-10-14(5-7-17-8-6-14)9-12-3-4-13(15)18-12/h3-4,11,16H,5-10H2,1-2H3. The monoisotopic (exact) mass is 331 g/mol. The molecule has 18 heavy (non-hydrogen) atoms. The zero-order valence-electron chi connectivity index (χ0n) is 11.2. The molecule has 0 bridgehead atoms. The van der Waals surface area contributed by atoms with Gasteiger partial charge in [-0.05, 0) is 52.7 Å². The maximum absolute atomic E-state index is 5.54. The minimum atomic E-state index is 0.382. The molecule has 2 rings (SSSR count). The van der Waals surface area contributed by atoms with Crippen molar-refractivity contribution in [2.24, 2.45) is 5.41 Å². The minimum Gasteiger partial charge on any atom is -0.381 e. The van der Waals surface area contributed by atoms with Gasteiger partial charge >= 0.3 is 0 Å². The van der Waals surface area contributed by atoms with Crippen LogP contribution in [-0.4, -0.2) is 25.8 Å². The molecule has 0 atom stereocenters. The predicted molar refractivity (Wildman–Crippen MR) is 81.3 cm³/mol. The predicted octanol–water partition coefficient (Wildman–Crippen LogP) is 3.85. The van der Waals surface area contributed by atoms with E-state index in [9.17, 15) is 0 Å². The maximum Gasteiger partial charge on any atom is 0.0701 e. The number of hydrogen-bond acceptors (Lipinski definition) is 3. The van der Waals surface area contributed by atoms with Crippen molar-refractivity contribution >= 4 is 27.3 Å². The van der Waals surface area contributed by atoms with E-state index in [1.807, 2.05) is 11.3 Å². The van der Waals surface area contributed by atoms with Crippen molar-refractivity contribution < 1.29 is 4.74 Å². The third-order valence-electron chi connectivity index (χ3n) is 3.62.